The minimum Gasteiger partial charge on any atom is -0.355 e. The number of pyridine rings is 1. The second-order valence-corrected chi connectivity index (χ2v) is 4.51. The highest BCUT2D eigenvalue weighted by Gasteiger charge is 2.08. The fourth-order valence-electron chi connectivity index (χ4n) is 2.04. The summed E-state index contributed by atoms with van der Waals surface area (Å²) in [5.74, 6) is 0.543. The maximum atomic E-state index is 13.1. The number of aromatic nitrogens is 1. The van der Waals surface area contributed by atoms with Gasteiger partial charge in [0.15, 0.2) is 6.29 Å². The van der Waals surface area contributed by atoms with E-state index in [1.165, 1.54) is 18.3 Å². The standard InChI is InChI=1S/C15H15FN2O/c1-11-6-13(10-19)8-17-15(11)18(2)9-12-4-3-5-14(16)7-12/h3-8,10H,9H2,1-2H3. The summed E-state index contributed by atoms with van der Waals surface area (Å²) < 4.78 is 13.1. The minimum atomic E-state index is -0.244. The smallest absolute Gasteiger partial charge is 0.151 e. The Morgan fingerprint density at radius 3 is 2.79 bits per heavy atom. The third-order valence-electron chi connectivity index (χ3n) is 2.88. The van der Waals surface area contributed by atoms with Crippen LogP contribution < -0.4 is 4.90 Å². The van der Waals surface area contributed by atoms with Gasteiger partial charge in [0.05, 0.1) is 0 Å². The van der Waals surface area contributed by atoms with Crippen molar-refractivity contribution in [3.8, 4) is 0 Å². The van der Waals surface area contributed by atoms with Crippen LogP contribution in [0.25, 0.3) is 0 Å². The molecular weight excluding hydrogens is 243 g/mol. The van der Waals surface area contributed by atoms with Crippen molar-refractivity contribution in [1.29, 1.82) is 0 Å². The molecule has 0 N–H and O–H groups in total. The zero-order valence-electron chi connectivity index (χ0n) is 10.9. The molecule has 19 heavy (non-hydrogen) atoms. The van der Waals surface area contributed by atoms with Gasteiger partial charge < -0.3 is 4.90 Å². The van der Waals surface area contributed by atoms with Gasteiger partial charge in [-0.05, 0) is 36.2 Å². The highest BCUT2D eigenvalue weighted by atomic mass is 19.1. The van der Waals surface area contributed by atoms with E-state index < -0.39 is 0 Å². The number of anilines is 1. The Bertz CT molecular complexity index is 598. The Labute approximate surface area is 111 Å². The zero-order chi connectivity index (χ0) is 13.8. The number of benzene rings is 1. The van der Waals surface area contributed by atoms with Crippen molar-refractivity contribution in [3.05, 3.63) is 59.0 Å². The van der Waals surface area contributed by atoms with Gasteiger partial charge in [-0.1, -0.05) is 12.1 Å². The normalized spacial score (nSPS) is 10.3. The summed E-state index contributed by atoms with van der Waals surface area (Å²) in [7, 11) is 1.89. The number of carbonyl (C=O) groups excluding carboxylic acids is 1. The molecule has 0 spiro atoms. The number of rotatable bonds is 4. The minimum absolute atomic E-state index is 0.244. The molecule has 0 radical (unpaired) electrons. The van der Waals surface area contributed by atoms with E-state index in [0.29, 0.717) is 12.1 Å². The van der Waals surface area contributed by atoms with Crippen molar-refractivity contribution in [2.75, 3.05) is 11.9 Å². The Kier molecular flexibility index (Phi) is 3.90. The molecule has 2 aromatic rings. The van der Waals surface area contributed by atoms with E-state index in [4.69, 9.17) is 0 Å². The second-order valence-electron chi connectivity index (χ2n) is 4.51. The molecule has 0 amide bonds. The average Bonchev–Trinajstić information content (AvgIpc) is 2.38. The molecule has 0 fully saturated rings. The summed E-state index contributed by atoms with van der Waals surface area (Å²) in [6.07, 6.45) is 2.31. The lowest BCUT2D eigenvalue weighted by molar-refractivity contribution is 0.112. The SMILES string of the molecule is Cc1cc(C=O)cnc1N(C)Cc1cccc(F)c1. The van der Waals surface area contributed by atoms with Crippen LogP contribution >= 0.6 is 0 Å². The van der Waals surface area contributed by atoms with Crippen molar-refractivity contribution in [2.24, 2.45) is 0 Å². The van der Waals surface area contributed by atoms with E-state index in [0.717, 1.165) is 23.2 Å². The van der Waals surface area contributed by atoms with Gasteiger partial charge in [-0.25, -0.2) is 9.37 Å². The number of hydrogen-bond donors (Lipinski definition) is 0. The molecule has 0 aliphatic heterocycles. The molecule has 98 valence electrons. The van der Waals surface area contributed by atoms with E-state index in [2.05, 4.69) is 4.98 Å². The van der Waals surface area contributed by atoms with Crippen LogP contribution in [0.2, 0.25) is 0 Å². The first-order valence-corrected chi connectivity index (χ1v) is 5.97. The lowest BCUT2D eigenvalue weighted by Crippen LogP contribution is -2.19. The quantitative estimate of drug-likeness (QED) is 0.790. The van der Waals surface area contributed by atoms with Crippen molar-refractivity contribution in [3.63, 3.8) is 0 Å². The number of nitrogens with zero attached hydrogens (tertiary/aromatic N) is 2. The predicted octanol–water partition coefficient (Wildman–Crippen LogP) is 2.98. The lowest BCUT2D eigenvalue weighted by atomic mass is 10.2. The molecule has 1 aromatic heterocycles. The molecule has 3 nitrogen and oxygen atoms in total. The Hall–Kier alpha value is -2.23. The number of carbonyl (C=O) groups is 1. The topological polar surface area (TPSA) is 33.2 Å². The molecule has 2 rings (SSSR count). The fourth-order valence-corrected chi connectivity index (χ4v) is 2.04. The summed E-state index contributed by atoms with van der Waals surface area (Å²) in [6.45, 7) is 2.46. The molecule has 1 aromatic carbocycles. The highest BCUT2D eigenvalue weighted by Crippen LogP contribution is 2.18. The molecule has 0 unspecified atom stereocenters. The average molecular weight is 258 g/mol. The summed E-state index contributed by atoms with van der Waals surface area (Å²) >= 11 is 0. The predicted molar refractivity (Wildman–Crippen MR) is 72.9 cm³/mol. The molecule has 0 saturated carbocycles. The van der Waals surface area contributed by atoms with Gasteiger partial charge in [0.1, 0.15) is 11.6 Å². The largest absolute Gasteiger partial charge is 0.355 e. The number of aldehydes is 1. The zero-order valence-corrected chi connectivity index (χ0v) is 10.9. The summed E-state index contributed by atoms with van der Waals surface area (Å²) in [5, 5.41) is 0. The monoisotopic (exact) mass is 258 g/mol. The maximum absolute atomic E-state index is 13.1. The van der Waals surface area contributed by atoms with Crippen LogP contribution in [-0.4, -0.2) is 18.3 Å². The van der Waals surface area contributed by atoms with Crippen LogP contribution in [0, 0.1) is 12.7 Å². The molecule has 0 aliphatic carbocycles. The third kappa shape index (κ3) is 3.16. The Balaban J connectivity index is 2.20. The fraction of sp³-hybridized carbons (Fsp3) is 0.200. The number of aryl methyl sites for hydroxylation is 1. The van der Waals surface area contributed by atoms with Gasteiger partial charge >= 0.3 is 0 Å². The highest BCUT2D eigenvalue weighted by molar-refractivity contribution is 5.75. The van der Waals surface area contributed by atoms with Crippen LogP contribution in [-0.2, 0) is 6.54 Å². The Morgan fingerprint density at radius 1 is 1.37 bits per heavy atom. The molecular formula is C15H15FN2O. The number of halogens is 1. The van der Waals surface area contributed by atoms with E-state index in [-0.39, 0.29) is 5.82 Å². The van der Waals surface area contributed by atoms with Gasteiger partial charge in [0, 0.05) is 25.4 Å². The van der Waals surface area contributed by atoms with Gasteiger partial charge in [-0.2, -0.15) is 0 Å². The Morgan fingerprint density at radius 2 is 2.16 bits per heavy atom. The van der Waals surface area contributed by atoms with E-state index in [1.54, 1.807) is 12.1 Å². The molecule has 0 aliphatic rings. The van der Waals surface area contributed by atoms with Gasteiger partial charge in [-0.3, -0.25) is 4.79 Å². The summed E-state index contributed by atoms with van der Waals surface area (Å²) in [4.78, 5) is 16.9. The van der Waals surface area contributed by atoms with Crippen LogP contribution in [0.4, 0.5) is 10.2 Å². The van der Waals surface area contributed by atoms with Gasteiger partial charge in [-0.15, -0.1) is 0 Å². The first-order chi connectivity index (χ1) is 9.10. The summed E-state index contributed by atoms with van der Waals surface area (Å²) in [6, 6.07) is 8.28. The first kappa shape index (κ1) is 13.2. The molecule has 1 heterocycles. The van der Waals surface area contributed by atoms with Crippen LogP contribution in [0.1, 0.15) is 21.5 Å². The van der Waals surface area contributed by atoms with E-state index in [1.807, 2.05) is 24.9 Å². The van der Waals surface area contributed by atoms with Crippen LogP contribution in [0.5, 0.6) is 0 Å². The second kappa shape index (κ2) is 5.61. The number of hydrogen-bond acceptors (Lipinski definition) is 3. The summed E-state index contributed by atoms with van der Waals surface area (Å²) in [5.41, 5.74) is 2.35. The van der Waals surface area contributed by atoms with Crippen LogP contribution in [0.3, 0.4) is 0 Å². The van der Waals surface area contributed by atoms with Crippen molar-refractivity contribution < 1.29 is 9.18 Å². The van der Waals surface area contributed by atoms with E-state index >= 15 is 0 Å². The first-order valence-electron chi connectivity index (χ1n) is 5.97. The lowest BCUT2D eigenvalue weighted by Gasteiger charge is -2.20. The van der Waals surface area contributed by atoms with Gasteiger partial charge in [0.2, 0.25) is 0 Å². The van der Waals surface area contributed by atoms with Crippen molar-refractivity contribution >= 4 is 12.1 Å². The van der Waals surface area contributed by atoms with Crippen molar-refractivity contribution in [2.45, 2.75) is 13.5 Å². The molecule has 0 saturated heterocycles. The molecule has 4 heteroatoms. The van der Waals surface area contributed by atoms with Crippen LogP contribution in [0.15, 0.2) is 36.5 Å². The van der Waals surface area contributed by atoms with E-state index in [9.17, 15) is 9.18 Å². The molecule has 0 bridgehead atoms. The maximum Gasteiger partial charge on any atom is 0.151 e. The third-order valence-corrected chi connectivity index (χ3v) is 2.88. The van der Waals surface area contributed by atoms with Gasteiger partial charge in [0.25, 0.3) is 0 Å². The molecule has 0 atom stereocenters. The van der Waals surface area contributed by atoms with Crippen molar-refractivity contribution in [1.82, 2.24) is 4.98 Å².